The number of benzene rings is 1. The van der Waals surface area contributed by atoms with Gasteiger partial charge in [-0.25, -0.2) is 4.90 Å². The summed E-state index contributed by atoms with van der Waals surface area (Å²) in [7, 11) is 0. The van der Waals surface area contributed by atoms with E-state index in [9.17, 15) is 9.59 Å². The lowest BCUT2D eigenvalue weighted by atomic mass is 9.65. The zero-order valence-corrected chi connectivity index (χ0v) is 15.1. The smallest absolute Gasteiger partial charge is 0.242 e. The Kier molecular flexibility index (Phi) is 3.56. The Morgan fingerprint density at radius 1 is 1.00 bits per heavy atom. The predicted molar refractivity (Wildman–Crippen MR) is 100 cm³/mol. The summed E-state index contributed by atoms with van der Waals surface area (Å²) in [4.78, 5) is 31.8. The number of para-hydroxylation sites is 1. The molecule has 1 aromatic heterocycles. The summed E-state index contributed by atoms with van der Waals surface area (Å²) in [5, 5.41) is 0. The van der Waals surface area contributed by atoms with Gasteiger partial charge in [-0.15, -0.1) is 0 Å². The van der Waals surface area contributed by atoms with Crippen molar-refractivity contribution in [2.75, 3.05) is 4.90 Å². The quantitative estimate of drug-likeness (QED) is 0.782. The molecule has 2 aromatic rings. The number of carbonyl (C=O) groups is 2. The average molecular weight is 348 g/mol. The van der Waals surface area contributed by atoms with Crippen LogP contribution in [-0.2, 0) is 9.59 Å². The molecule has 2 amide bonds. The molecule has 2 fully saturated rings. The molecule has 3 aliphatic rings. The Balaban J connectivity index is 1.66. The molecule has 2 aliphatic carbocycles. The third kappa shape index (κ3) is 2.14. The minimum Gasteiger partial charge on any atom is -0.362 e. The van der Waals surface area contributed by atoms with Crippen LogP contribution in [0, 0.1) is 18.8 Å². The summed E-state index contributed by atoms with van der Waals surface area (Å²) in [6.07, 6.45) is 5.76. The highest BCUT2D eigenvalue weighted by Gasteiger charge is 2.57. The molecule has 2 heterocycles. The van der Waals surface area contributed by atoms with Crippen LogP contribution in [0.15, 0.2) is 36.4 Å². The Hall–Kier alpha value is -2.36. The fraction of sp³-hybridized carbons (Fsp3) is 0.455. The number of imide groups is 1. The number of carbonyl (C=O) groups excluding carboxylic acids is 2. The van der Waals surface area contributed by atoms with Crippen LogP contribution in [0.1, 0.15) is 60.9 Å². The van der Waals surface area contributed by atoms with Crippen molar-refractivity contribution in [1.82, 2.24) is 4.98 Å². The van der Waals surface area contributed by atoms with E-state index in [0.29, 0.717) is 11.6 Å². The first-order chi connectivity index (χ1) is 12.7. The van der Waals surface area contributed by atoms with Gasteiger partial charge in [0.15, 0.2) is 0 Å². The van der Waals surface area contributed by atoms with Crippen molar-refractivity contribution >= 4 is 17.5 Å². The fourth-order valence-electron chi connectivity index (χ4n) is 5.60. The summed E-state index contributed by atoms with van der Waals surface area (Å²) >= 11 is 0. The minimum absolute atomic E-state index is 0.00704. The van der Waals surface area contributed by atoms with E-state index in [1.807, 2.05) is 30.3 Å². The zero-order chi connectivity index (χ0) is 17.8. The molecule has 26 heavy (non-hydrogen) atoms. The van der Waals surface area contributed by atoms with E-state index < -0.39 is 0 Å². The molecule has 1 saturated carbocycles. The van der Waals surface area contributed by atoms with Crippen molar-refractivity contribution < 1.29 is 9.59 Å². The number of aromatic amines is 1. The van der Waals surface area contributed by atoms with E-state index in [0.717, 1.165) is 30.5 Å². The number of amides is 2. The number of nitrogens with one attached hydrogen (secondary N) is 1. The van der Waals surface area contributed by atoms with Crippen LogP contribution in [0.4, 0.5) is 5.69 Å². The van der Waals surface area contributed by atoms with E-state index in [-0.39, 0.29) is 29.6 Å². The van der Waals surface area contributed by atoms with Gasteiger partial charge in [0.1, 0.15) is 0 Å². The highest BCUT2D eigenvalue weighted by atomic mass is 16.2. The maximum atomic E-state index is 13.4. The van der Waals surface area contributed by atoms with Gasteiger partial charge in [-0.2, -0.15) is 0 Å². The highest BCUT2D eigenvalue weighted by Crippen LogP contribution is 2.55. The monoisotopic (exact) mass is 348 g/mol. The van der Waals surface area contributed by atoms with Gasteiger partial charge in [0.2, 0.25) is 11.8 Å². The van der Waals surface area contributed by atoms with Crippen LogP contribution < -0.4 is 4.90 Å². The lowest BCUT2D eigenvalue weighted by molar-refractivity contribution is -0.123. The molecular weight excluding hydrogens is 324 g/mol. The first-order valence-corrected chi connectivity index (χ1v) is 9.79. The Labute approximate surface area is 153 Å². The largest absolute Gasteiger partial charge is 0.362 e. The Morgan fingerprint density at radius 2 is 1.77 bits per heavy atom. The molecule has 1 saturated heterocycles. The molecule has 4 heteroatoms. The SMILES string of the molecule is Cc1cc2c([nH]1)[C@@H]1CCCCC[C@@H]1[C@@H]1C(=O)N(c3ccccc3)C(=O)[C@H]21. The lowest BCUT2D eigenvalue weighted by Gasteiger charge is -2.36. The Bertz CT molecular complexity index is 870. The summed E-state index contributed by atoms with van der Waals surface area (Å²) < 4.78 is 0. The van der Waals surface area contributed by atoms with Gasteiger partial charge in [-0.1, -0.05) is 37.5 Å². The molecule has 0 radical (unpaired) electrons. The molecule has 134 valence electrons. The predicted octanol–water partition coefficient (Wildman–Crippen LogP) is 4.27. The number of aryl methyl sites for hydroxylation is 1. The number of aromatic nitrogens is 1. The number of rotatable bonds is 1. The van der Waals surface area contributed by atoms with Crippen molar-refractivity contribution in [3.05, 3.63) is 53.3 Å². The van der Waals surface area contributed by atoms with E-state index in [1.165, 1.54) is 23.4 Å². The topological polar surface area (TPSA) is 53.2 Å². The summed E-state index contributed by atoms with van der Waals surface area (Å²) in [5.41, 5.74) is 4.10. The highest BCUT2D eigenvalue weighted by molar-refractivity contribution is 6.24. The minimum atomic E-state index is -0.318. The average Bonchev–Trinajstić information content (AvgIpc) is 3.02. The second kappa shape index (κ2) is 5.83. The van der Waals surface area contributed by atoms with Crippen LogP contribution in [0.3, 0.4) is 0 Å². The van der Waals surface area contributed by atoms with Gasteiger partial charge < -0.3 is 4.98 Å². The van der Waals surface area contributed by atoms with Gasteiger partial charge in [-0.3, -0.25) is 9.59 Å². The number of hydrogen-bond donors (Lipinski definition) is 1. The second-order valence-corrected chi connectivity index (χ2v) is 8.08. The summed E-state index contributed by atoms with van der Waals surface area (Å²) in [6, 6.07) is 11.5. The summed E-state index contributed by atoms with van der Waals surface area (Å²) in [6.45, 7) is 2.05. The van der Waals surface area contributed by atoms with Gasteiger partial charge in [-0.05, 0) is 49.4 Å². The Morgan fingerprint density at radius 3 is 2.58 bits per heavy atom. The zero-order valence-electron chi connectivity index (χ0n) is 15.1. The maximum absolute atomic E-state index is 13.4. The number of nitrogens with zero attached hydrogens (tertiary/aromatic N) is 1. The molecule has 0 spiro atoms. The van der Waals surface area contributed by atoms with Crippen molar-refractivity contribution in [3.63, 3.8) is 0 Å². The van der Waals surface area contributed by atoms with E-state index in [4.69, 9.17) is 0 Å². The van der Waals surface area contributed by atoms with Crippen LogP contribution in [0.2, 0.25) is 0 Å². The maximum Gasteiger partial charge on any atom is 0.242 e. The molecule has 4 nitrogen and oxygen atoms in total. The molecular formula is C22H24N2O2. The normalized spacial score (nSPS) is 30.6. The van der Waals surface area contributed by atoms with Gasteiger partial charge in [0.05, 0.1) is 17.5 Å². The third-order valence-electron chi connectivity index (χ3n) is 6.62. The van der Waals surface area contributed by atoms with E-state index >= 15 is 0 Å². The molecule has 0 unspecified atom stereocenters. The fourth-order valence-corrected chi connectivity index (χ4v) is 5.60. The van der Waals surface area contributed by atoms with Gasteiger partial charge in [0.25, 0.3) is 0 Å². The standard InChI is InChI=1S/C22H24N2O2/c1-13-12-17-19-18(15-10-6-3-7-11-16(15)20(17)23-13)21(25)24(22(19)26)14-8-4-2-5-9-14/h2,4-5,8-9,12,15-16,18-19,23H,3,6-7,10-11H2,1H3/t15-,16+,18-,19+/m0/s1. The molecule has 5 rings (SSSR count). The van der Waals surface area contributed by atoms with E-state index in [2.05, 4.69) is 18.0 Å². The van der Waals surface area contributed by atoms with Crippen molar-refractivity contribution in [2.24, 2.45) is 11.8 Å². The lowest BCUT2D eigenvalue weighted by Crippen LogP contribution is -2.35. The van der Waals surface area contributed by atoms with Gasteiger partial charge >= 0.3 is 0 Å². The number of anilines is 1. The van der Waals surface area contributed by atoms with Crippen LogP contribution in [0.5, 0.6) is 0 Å². The third-order valence-corrected chi connectivity index (χ3v) is 6.62. The molecule has 1 N–H and O–H groups in total. The summed E-state index contributed by atoms with van der Waals surface area (Å²) in [5.74, 6) is 0.102. The van der Waals surface area contributed by atoms with Crippen molar-refractivity contribution in [1.29, 1.82) is 0 Å². The first kappa shape index (κ1) is 15.9. The molecule has 0 bridgehead atoms. The second-order valence-electron chi connectivity index (χ2n) is 8.08. The van der Waals surface area contributed by atoms with Crippen molar-refractivity contribution in [2.45, 2.75) is 50.9 Å². The van der Waals surface area contributed by atoms with Crippen LogP contribution >= 0.6 is 0 Å². The number of fused-ring (bicyclic) bond motifs is 6. The first-order valence-electron chi connectivity index (χ1n) is 9.79. The molecule has 1 aliphatic heterocycles. The molecule has 1 aromatic carbocycles. The van der Waals surface area contributed by atoms with Gasteiger partial charge in [0, 0.05) is 17.3 Å². The number of hydrogen-bond acceptors (Lipinski definition) is 2. The van der Waals surface area contributed by atoms with Crippen LogP contribution in [-0.4, -0.2) is 16.8 Å². The van der Waals surface area contributed by atoms with Crippen LogP contribution in [0.25, 0.3) is 0 Å². The number of H-pyrrole nitrogens is 1. The van der Waals surface area contributed by atoms with E-state index in [1.54, 1.807) is 0 Å². The molecule has 4 atom stereocenters. The van der Waals surface area contributed by atoms with Crippen molar-refractivity contribution in [3.8, 4) is 0 Å².